The second-order valence-electron chi connectivity index (χ2n) is 3.51. The summed E-state index contributed by atoms with van der Waals surface area (Å²) in [5, 5.41) is 8.64. The number of carboxylic acids is 1. The van der Waals surface area contributed by atoms with Crippen molar-refractivity contribution in [3.8, 4) is 0 Å². The maximum atomic E-state index is 11.7. The molecule has 0 saturated carbocycles. The van der Waals surface area contributed by atoms with E-state index in [0.29, 0.717) is 23.7 Å². The summed E-state index contributed by atoms with van der Waals surface area (Å²) in [6, 6.07) is 3.68. The third kappa shape index (κ3) is 4.75. The van der Waals surface area contributed by atoms with Gasteiger partial charge in [0.1, 0.15) is 6.54 Å². The molecule has 6 heteroatoms. The SMILES string of the molecule is CCN(CC(=O)O)C(=O)CCc1ccc(Cl)s1. The number of amides is 1. The van der Waals surface area contributed by atoms with Crippen LogP contribution in [0.3, 0.4) is 0 Å². The lowest BCUT2D eigenvalue weighted by Crippen LogP contribution is -2.35. The Morgan fingerprint density at radius 2 is 2.18 bits per heavy atom. The summed E-state index contributed by atoms with van der Waals surface area (Å²) in [4.78, 5) is 24.6. The van der Waals surface area contributed by atoms with E-state index in [4.69, 9.17) is 16.7 Å². The number of likely N-dealkylation sites (N-methyl/N-ethyl adjacent to an activating group) is 1. The molecule has 94 valence electrons. The summed E-state index contributed by atoms with van der Waals surface area (Å²) < 4.78 is 0.699. The van der Waals surface area contributed by atoms with Crippen molar-refractivity contribution < 1.29 is 14.7 Å². The van der Waals surface area contributed by atoms with Crippen LogP contribution in [-0.2, 0) is 16.0 Å². The number of nitrogens with zero attached hydrogens (tertiary/aromatic N) is 1. The average molecular weight is 276 g/mol. The number of halogens is 1. The number of carboxylic acid groups (broad SMARTS) is 1. The predicted octanol–water partition coefficient (Wildman–Crippen LogP) is 2.27. The highest BCUT2D eigenvalue weighted by Gasteiger charge is 2.14. The van der Waals surface area contributed by atoms with Crippen LogP contribution in [0.1, 0.15) is 18.2 Å². The third-order valence-corrected chi connectivity index (χ3v) is 3.57. The molecule has 0 saturated heterocycles. The van der Waals surface area contributed by atoms with E-state index in [1.165, 1.54) is 16.2 Å². The van der Waals surface area contributed by atoms with Crippen molar-refractivity contribution in [2.45, 2.75) is 19.8 Å². The van der Waals surface area contributed by atoms with Gasteiger partial charge in [-0.05, 0) is 25.5 Å². The van der Waals surface area contributed by atoms with Gasteiger partial charge in [-0.3, -0.25) is 9.59 Å². The Hall–Kier alpha value is -1.07. The van der Waals surface area contributed by atoms with E-state index in [1.54, 1.807) is 13.0 Å². The molecule has 1 aromatic rings. The molecule has 1 N–H and O–H groups in total. The molecule has 1 aromatic heterocycles. The zero-order valence-corrected chi connectivity index (χ0v) is 11.1. The van der Waals surface area contributed by atoms with Crippen LogP contribution in [0.2, 0.25) is 4.34 Å². The molecule has 0 fully saturated rings. The first kappa shape index (κ1) is 14.0. The fraction of sp³-hybridized carbons (Fsp3) is 0.455. The van der Waals surface area contributed by atoms with E-state index in [1.807, 2.05) is 6.07 Å². The van der Waals surface area contributed by atoms with Crippen LogP contribution >= 0.6 is 22.9 Å². The van der Waals surface area contributed by atoms with Crippen molar-refractivity contribution in [3.05, 3.63) is 21.3 Å². The van der Waals surface area contributed by atoms with E-state index < -0.39 is 5.97 Å². The minimum absolute atomic E-state index is 0.139. The zero-order chi connectivity index (χ0) is 12.8. The quantitative estimate of drug-likeness (QED) is 0.866. The molecular weight excluding hydrogens is 262 g/mol. The number of aryl methyl sites for hydroxylation is 1. The number of thiophene rings is 1. The lowest BCUT2D eigenvalue weighted by molar-refractivity contribution is -0.144. The van der Waals surface area contributed by atoms with E-state index in [9.17, 15) is 9.59 Å². The molecule has 0 aliphatic rings. The molecule has 1 rings (SSSR count). The minimum atomic E-state index is -0.987. The fourth-order valence-electron chi connectivity index (χ4n) is 1.41. The van der Waals surface area contributed by atoms with Crippen LogP contribution in [0.25, 0.3) is 0 Å². The second kappa shape index (κ2) is 6.61. The van der Waals surface area contributed by atoms with Gasteiger partial charge in [-0.2, -0.15) is 0 Å². The maximum absolute atomic E-state index is 11.7. The Morgan fingerprint density at radius 3 is 2.65 bits per heavy atom. The molecule has 0 aliphatic heterocycles. The first-order valence-corrected chi connectivity index (χ1v) is 6.46. The van der Waals surface area contributed by atoms with Gasteiger partial charge in [0.25, 0.3) is 0 Å². The molecule has 1 amide bonds. The van der Waals surface area contributed by atoms with Crippen molar-refractivity contribution in [2.75, 3.05) is 13.1 Å². The number of hydrogen-bond donors (Lipinski definition) is 1. The number of carbonyl (C=O) groups excluding carboxylic acids is 1. The zero-order valence-electron chi connectivity index (χ0n) is 9.48. The molecule has 17 heavy (non-hydrogen) atoms. The average Bonchev–Trinajstić information content (AvgIpc) is 2.68. The molecular formula is C11H14ClNO3S. The Balaban J connectivity index is 2.44. The number of hydrogen-bond acceptors (Lipinski definition) is 3. The van der Waals surface area contributed by atoms with Crippen LogP contribution in [0, 0.1) is 0 Å². The fourth-order valence-corrected chi connectivity index (χ4v) is 2.50. The van der Waals surface area contributed by atoms with E-state index in [2.05, 4.69) is 0 Å². The molecule has 4 nitrogen and oxygen atoms in total. The molecule has 1 heterocycles. The van der Waals surface area contributed by atoms with Crippen molar-refractivity contribution in [2.24, 2.45) is 0 Å². The van der Waals surface area contributed by atoms with Crippen molar-refractivity contribution in [1.82, 2.24) is 4.90 Å². The predicted molar refractivity (Wildman–Crippen MR) is 67.5 cm³/mol. The summed E-state index contributed by atoms with van der Waals surface area (Å²) in [5.74, 6) is -1.13. The number of carbonyl (C=O) groups is 2. The lowest BCUT2D eigenvalue weighted by atomic mass is 10.2. The Morgan fingerprint density at radius 1 is 1.47 bits per heavy atom. The molecule has 0 unspecified atom stereocenters. The van der Waals surface area contributed by atoms with Crippen LogP contribution in [0.4, 0.5) is 0 Å². The third-order valence-electron chi connectivity index (χ3n) is 2.27. The monoisotopic (exact) mass is 275 g/mol. The van der Waals surface area contributed by atoms with Crippen LogP contribution in [-0.4, -0.2) is 35.0 Å². The number of rotatable bonds is 6. The van der Waals surface area contributed by atoms with Crippen LogP contribution < -0.4 is 0 Å². The van der Waals surface area contributed by atoms with E-state index in [-0.39, 0.29) is 12.5 Å². The Bertz CT molecular complexity index is 405. The normalized spacial score (nSPS) is 10.2. The molecule has 0 radical (unpaired) electrons. The maximum Gasteiger partial charge on any atom is 0.323 e. The largest absolute Gasteiger partial charge is 0.480 e. The van der Waals surface area contributed by atoms with Gasteiger partial charge < -0.3 is 10.0 Å². The standard InChI is InChI=1S/C11H14ClNO3S/c1-2-13(7-11(15)16)10(14)6-4-8-3-5-9(12)17-8/h3,5H,2,4,6-7H2,1H3,(H,15,16). The molecule has 0 spiro atoms. The van der Waals surface area contributed by atoms with Crippen molar-refractivity contribution in [3.63, 3.8) is 0 Å². The first-order chi connectivity index (χ1) is 8.02. The number of aliphatic carboxylic acids is 1. The smallest absolute Gasteiger partial charge is 0.323 e. The molecule has 0 aromatic carbocycles. The highest BCUT2D eigenvalue weighted by molar-refractivity contribution is 7.16. The van der Waals surface area contributed by atoms with Gasteiger partial charge in [-0.1, -0.05) is 11.6 Å². The highest BCUT2D eigenvalue weighted by atomic mass is 35.5. The summed E-state index contributed by atoms with van der Waals surface area (Å²) in [5.41, 5.74) is 0. The summed E-state index contributed by atoms with van der Waals surface area (Å²) in [7, 11) is 0. The van der Waals surface area contributed by atoms with Crippen LogP contribution in [0.5, 0.6) is 0 Å². The van der Waals surface area contributed by atoms with Gasteiger partial charge in [0.15, 0.2) is 0 Å². The van der Waals surface area contributed by atoms with Crippen molar-refractivity contribution >= 4 is 34.8 Å². The van der Waals surface area contributed by atoms with E-state index in [0.717, 1.165) is 4.88 Å². The summed E-state index contributed by atoms with van der Waals surface area (Å²) in [6.07, 6.45) is 0.921. The van der Waals surface area contributed by atoms with Gasteiger partial charge in [-0.25, -0.2) is 0 Å². The van der Waals surface area contributed by atoms with Gasteiger partial charge in [0, 0.05) is 17.8 Å². The summed E-state index contributed by atoms with van der Waals surface area (Å²) >= 11 is 7.22. The lowest BCUT2D eigenvalue weighted by Gasteiger charge is -2.18. The molecule has 0 aliphatic carbocycles. The van der Waals surface area contributed by atoms with Crippen molar-refractivity contribution in [1.29, 1.82) is 0 Å². The van der Waals surface area contributed by atoms with E-state index >= 15 is 0 Å². The van der Waals surface area contributed by atoms with Gasteiger partial charge in [0.05, 0.1) is 4.34 Å². The Labute approximate surface area is 109 Å². The molecule has 0 bridgehead atoms. The topological polar surface area (TPSA) is 57.6 Å². The summed E-state index contributed by atoms with van der Waals surface area (Å²) in [6.45, 7) is 1.94. The minimum Gasteiger partial charge on any atom is -0.480 e. The van der Waals surface area contributed by atoms with Gasteiger partial charge in [0.2, 0.25) is 5.91 Å². The molecule has 0 atom stereocenters. The Kier molecular flexibility index (Phi) is 5.44. The second-order valence-corrected chi connectivity index (χ2v) is 5.31. The highest BCUT2D eigenvalue weighted by Crippen LogP contribution is 2.22. The van der Waals surface area contributed by atoms with Gasteiger partial charge in [-0.15, -0.1) is 11.3 Å². The van der Waals surface area contributed by atoms with Gasteiger partial charge >= 0.3 is 5.97 Å². The van der Waals surface area contributed by atoms with Crippen LogP contribution in [0.15, 0.2) is 12.1 Å². The first-order valence-electron chi connectivity index (χ1n) is 5.26.